The molecule has 5 rings (SSSR count). The van der Waals surface area contributed by atoms with Gasteiger partial charge in [0.1, 0.15) is 11.6 Å². The van der Waals surface area contributed by atoms with Gasteiger partial charge in [0.2, 0.25) is 0 Å². The summed E-state index contributed by atoms with van der Waals surface area (Å²) in [5.41, 5.74) is 0.999. The van der Waals surface area contributed by atoms with Crippen molar-refractivity contribution in [1.29, 1.82) is 0 Å². The van der Waals surface area contributed by atoms with Gasteiger partial charge < -0.3 is 10.2 Å². The lowest BCUT2D eigenvalue weighted by molar-refractivity contribution is 0.567. The maximum Gasteiger partial charge on any atom is 0.163 e. The number of hydrogen-bond acceptors (Lipinski definition) is 5. The van der Waals surface area contributed by atoms with Gasteiger partial charge in [-0.3, -0.25) is 4.68 Å². The van der Waals surface area contributed by atoms with E-state index in [1.54, 1.807) is 0 Å². The van der Waals surface area contributed by atoms with E-state index in [1.165, 1.54) is 44.9 Å². The molecule has 2 aromatic rings. The Kier molecular flexibility index (Phi) is 3.47. The summed E-state index contributed by atoms with van der Waals surface area (Å²) in [7, 11) is 2.00. The lowest BCUT2D eigenvalue weighted by Gasteiger charge is -2.30. The van der Waals surface area contributed by atoms with Crippen molar-refractivity contribution >= 4 is 16.9 Å². The molecule has 4 heterocycles. The molecule has 6 heteroatoms. The molecule has 24 heavy (non-hydrogen) atoms. The van der Waals surface area contributed by atoms with Crippen LogP contribution in [0.3, 0.4) is 0 Å². The Labute approximate surface area is 142 Å². The minimum atomic E-state index is 0.533. The predicted octanol–water partition coefficient (Wildman–Crippen LogP) is 2.35. The third-order valence-corrected chi connectivity index (χ3v) is 6.21. The van der Waals surface area contributed by atoms with Crippen molar-refractivity contribution in [2.45, 2.75) is 62.9 Å². The van der Waals surface area contributed by atoms with Crippen molar-refractivity contribution in [3.8, 4) is 0 Å². The second kappa shape index (κ2) is 5.69. The highest BCUT2D eigenvalue weighted by atomic mass is 15.3. The quantitative estimate of drug-likeness (QED) is 0.918. The van der Waals surface area contributed by atoms with Crippen LogP contribution in [0.15, 0.2) is 6.20 Å². The molecule has 0 amide bonds. The first-order valence-electron chi connectivity index (χ1n) is 9.50. The van der Waals surface area contributed by atoms with Crippen molar-refractivity contribution < 1.29 is 0 Å². The molecule has 128 valence electrons. The Bertz CT molecular complexity index is 733. The number of nitrogens with one attached hydrogen (secondary N) is 1. The Morgan fingerprint density at radius 1 is 1.04 bits per heavy atom. The van der Waals surface area contributed by atoms with E-state index in [-0.39, 0.29) is 0 Å². The minimum absolute atomic E-state index is 0.533. The highest BCUT2D eigenvalue weighted by Crippen LogP contribution is 2.38. The van der Waals surface area contributed by atoms with Gasteiger partial charge >= 0.3 is 0 Å². The smallest absolute Gasteiger partial charge is 0.163 e. The second-order valence-electron chi connectivity index (χ2n) is 7.68. The van der Waals surface area contributed by atoms with Gasteiger partial charge in [-0.25, -0.2) is 9.97 Å². The van der Waals surface area contributed by atoms with E-state index < -0.39 is 0 Å². The van der Waals surface area contributed by atoms with E-state index in [1.807, 2.05) is 17.9 Å². The van der Waals surface area contributed by atoms with Gasteiger partial charge in [-0.1, -0.05) is 12.8 Å². The number of anilines is 1. The molecule has 0 unspecified atom stereocenters. The second-order valence-corrected chi connectivity index (χ2v) is 7.68. The van der Waals surface area contributed by atoms with Gasteiger partial charge in [0.05, 0.1) is 11.6 Å². The van der Waals surface area contributed by atoms with Crippen molar-refractivity contribution in [2.24, 2.45) is 7.05 Å². The molecule has 3 fully saturated rings. The molecule has 2 aromatic heterocycles. The molecule has 2 bridgehead atoms. The minimum Gasteiger partial charge on any atom is -0.349 e. The molecule has 6 nitrogen and oxygen atoms in total. The number of fused-ring (bicyclic) bond motifs is 3. The zero-order valence-electron chi connectivity index (χ0n) is 14.4. The third-order valence-electron chi connectivity index (χ3n) is 6.21. The summed E-state index contributed by atoms with van der Waals surface area (Å²) < 4.78 is 1.91. The maximum absolute atomic E-state index is 5.14. The molecule has 0 aromatic carbocycles. The van der Waals surface area contributed by atoms with Crippen molar-refractivity contribution in [2.75, 3.05) is 18.0 Å². The summed E-state index contributed by atoms with van der Waals surface area (Å²) in [6, 6.07) is 1.17. The van der Waals surface area contributed by atoms with E-state index in [2.05, 4.69) is 15.3 Å². The van der Waals surface area contributed by atoms with E-state index in [9.17, 15) is 0 Å². The van der Waals surface area contributed by atoms with Crippen LogP contribution in [-0.2, 0) is 7.05 Å². The van der Waals surface area contributed by atoms with Crippen molar-refractivity contribution in [1.82, 2.24) is 25.1 Å². The normalized spacial score (nSPS) is 28.0. The summed E-state index contributed by atoms with van der Waals surface area (Å²) in [5, 5.41) is 9.20. The summed E-state index contributed by atoms with van der Waals surface area (Å²) in [5.74, 6) is 2.73. The summed E-state index contributed by atoms with van der Waals surface area (Å²) >= 11 is 0. The van der Waals surface area contributed by atoms with Crippen LogP contribution in [0.1, 0.15) is 56.7 Å². The van der Waals surface area contributed by atoms with Crippen molar-refractivity contribution in [3.05, 3.63) is 12.0 Å². The van der Waals surface area contributed by atoms with Crippen molar-refractivity contribution in [3.63, 3.8) is 0 Å². The maximum atomic E-state index is 5.14. The van der Waals surface area contributed by atoms with Gasteiger partial charge in [0.25, 0.3) is 0 Å². The standard InChI is InChI=1S/C18H26N6/c1-23-17-15(11-20-23)18(22-16(21-17)12-4-2-3-5-12)24-13-6-7-14(24)10-19-9-8-13/h11-14,19H,2-10H2,1H3/t13-,14+/m1/s1. The molecular formula is C18H26N6. The SMILES string of the molecule is Cn1ncc2c(N3[C@H]4CCNC[C@@H]3CC4)nc(C3CCCC3)nc21. The molecular weight excluding hydrogens is 300 g/mol. The summed E-state index contributed by atoms with van der Waals surface area (Å²) in [6.07, 6.45) is 10.8. The molecule has 1 saturated carbocycles. The molecule has 3 aliphatic rings. The Balaban J connectivity index is 1.66. The van der Waals surface area contributed by atoms with Crippen LogP contribution >= 0.6 is 0 Å². The predicted molar refractivity (Wildman–Crippen MR) is 94.3 cm³/mol. The lowest BCUT2D eigenvalue weighted by atomic mass is 10.1. The van der Waals surface area contributed by atoms with Gasteiger partial charge in [-0.05, 0) is 38.6 Å². The number of rotatable bonds is 2. The molecule has 1 N–H and O–H groups in total. The van der Waals surface area contributed by atoms with Gasteiger partial charge in [0.15, 0.2) is 5.65 Å². The number of hydrogen-bond donors (Lipinski definition) is 1. The number of nitrogens with zero attached hydrogens (tertiary/aromatic N) is 5. The zero-order valence-corrected chi connectivity index (χ0v) is 14.4. The Morgan fingerprint density at radius 2 is 1.88 bits per heavy atom. The number of aryl methyl sites for hydroxylation is 1. The van der Waals surface area contributed by atoms with E-state index in [4.69, 9.17) is 9.97 Å². The van der Waals surface area contributed by atoms with Gasteiger partial charge in [0, 0.05) is 31.6 Å². The van der Waals surface area contributed by atoms with Crippen LogP contribution < -0.4 is 10.2 Å². The Morgan fingerprint density at radius 3 is 2.75 bits per heavy atom. The molecule has 2 saturated heterocycles. The van der Waals surface area contributed by atoms with E-state index >= 15 is 0 Å². The van der Waals surface area contributed by atoms with Crippen LogP contribution in [0, 0.1) is 0 Å². The van der Waals surface area contributed by atoms with Crippen LogP contribution in [0.4, 0.5) is 5.82 Å². The summed E-state index contributed by atoms with van der Waals surface area (Å²) in [6.45, 7) is 2.19. The van der Waals surface area contributed by atoms with Gasteiger partial charge in [-0.15, -0.1) is 0 Å². The Hall–Kier alpha value is -1.69. The fourth-order valence-electron chi connectivity index (χ4n) is 4.92. The van der Waals surface area contributed by atoms with Crippen LogP contribution in [0.25, 0.3) is 11.0 Å². The first kappa shape index (κ1) is 14.6. The molecule has 2 atom stereocenters. The van der Waals surface area contributed by atoms with E-state index in [0.29, 0.717) is 18.0 Å². The third kappa shape index (κ3) is 2.23. The lowest BCUT2D eigenvalue weighted by Crippen LogP contribution is -2.39. The molecule has 1 aliphatic carbocycles. The topological polar surface area (TPSA) is 58.9 Å². The zero-order chi connectivity index (χ0) is 16.1. The first-order chi connectivity index (χ1) is 11.8. The monoisotopic (exact) mass is 326 g/mol. The van der Waals surface area contributed by atoms with Crippen LogP contribution in [0.5, 0.6) is 0 Å². The summed E-state index contributed by atoms with van der Waals surface area (Å²) in [4.78, 5) is 12.7. The fraction of sp³-hybridized carbons (Fsp3) is 0.722. The fourth-order valence-corrected chi connectivity index (χ4v) is 4.92. The van der Waals surface area contributed by atoms with Gasteiger partial charge in [-0.2, -0.15) is 5.10 Å². The molecule has 2 aliphatic heterocycles. The highest BCUT2D eigenvalue weighted by molar-refractivity contribution is 5.87. The number of aromatic nitrogens is 4. The molecule has 0 radical (unpaired) electrons. The largest absolute Gasteiger partial charge is 0.349 e. The van der Waals surface area contributed by atoms with Crippen LogP contribution in [0.2, 0.25) is 0 Å². The highest BCUT2D eigenvalue weighted by Gasteiger charge is 2.37. The first-order valence-corrected chi connectivity index (χ1v) is 9.50. The molecule has 0 spiro atoms. The van der Waals surface area contributed by atoms with Crippen LogP contribution in [-0.4, -0.2) is 44.9 Å². The average Bonchev–Trinajstić information content (AvgIpc) is 3.27. The van der Waals surface area contributed by atoms with E-state index in [0.717, 1.165) is 35.8 Å². The average molecular weight is 326 g/mol.